The molecule has 0 amide bonds. The zero-order valence-corrected chi connectivity index (χ0v) is 28.6. The fourth-order valence-electron chi connectivity index (χ4n) is 6.15. The maximum atomic E-state index is 13.2. The second kappa shape index (κ2) is 13.0. The molecule has 0 unspecified atom stereocenters. The predicted molar refractivity (Wildman–Crippen MR) is 169 cm³/mol. The first-order valence-corrected chi connectivity index (χ1v) is 14.8. The Morgan fingerprint density at radius 3 is 1.74 bits per heavy atom. The van der Waals surface area contributed by atoms with Crippen LogP contribution in [-0.2, 0) is 42.5 Å². The van der Waals surface area contributed by atoms with Gasteiger partial charge in [-0.1, -0.05) is 44.3 Å². The molecular formula is C38H31F3IrN5. The van der Waals surface area contributed by atoms with Gasteiger partial charge in [-0.2, -0.15) is 73.8 Å². The van der Waals surface area contributed by atoms with Gasteiger partial charge in [0.2, 0.25) is 0 Å². The minimum Gasteiger partial charge on any atom is -0.343 e. The summed E-state index contributed by atoms with van der Waals surface area (Å²) in [7, 11) is 0. The molecule has 0 atom stereocenters. The minimum absolute atomic E-state index is 0. The minimum atomic E-state index is -4.58. The van der Waals surface area contributed by atoms with Crippen molar-refractivity contribution in [3.05, 3.63) is 173 Å². The van der Waals surface area contributed by atoms with E-state index < -0.39 is 28.1 Å². The van der Waals surface area contributed by atoms with E-state index in [4.69, 9.17) is 15.0 Å². The van der Waals surface area contributed by atoms with Crippen molar-refractivity contribution in [3.63, 3.8) is 0 Å². The van der Waals surface area contributed by atoms with Gasteiger partial charge in [0.25, 0.3) is 0 Å². The molecule has 0 fully saturated rings. The smallest absolute Gasteiger partial charge is 0.343 e. The van der Waals surface area contributed by atoms with Gasteiger partial charge in [-0.3, -0.25) is 20.1 Å². The summed E-state index contributed by atoms with van der Waals surface area (Å²) in [4.78, 5) is 14.9. The zero-order valence-electron chi connectivity index (χ0n) is 26.2. The third kappa shape index (κ3) is 6.06. The van der Waals surface area contributed by atoms with Crippen molar-refractivity contribution in [1.29, 1.82) is 0 Å². The number of aromatic nitrogens is 5. The molecule has 0 aliphatic carbocycles. The second-order valence-corrected chi connectivity index (χ2v) is 12.1. The third-order valence-electron chi connectivity index (χ3n) is 8.66. The summed E-state index contributed by atoms with van der Waals surface area (Å²) in [6, 6.07) is 40.7. The van der Waals surface area contributed by atoms with E-state index >= 15 is 0 Å². The topological polar surface area (TPSA) is 56.5 Å². The molecule has 0 saturated carbocycles. The summed E-state index contributed by atoms with van der Waals surface area (Å²) in [5.74, 6) is 0.223. The number of halogens is 3. The number of hydrogen-bond donors (Lipinski definition) is 0. The molecule has 9 heteroatoms. The van der Waals surface area contributed by atoms with Crippen LogP contribution in [0.4, 0.5) is 13.2 Å². The molecule has 0 aliphatic heterocycles. The van der Waals surface area contributed by atoms with Crippen LogP contribution >= 0.6 is 0 Å². The van der Waals surface area contributed by atoms with Crippen molar-refractivity contribution in [3.8, 4) is 5.82 Å². The molecule has 2 aromatic carbocycles. The standard InChI is InChI=1S/C38H31F3N5.Ir/c1-35(2,30-21-14-23-34(44-30)46-26-24-33(45-46)38(39,40)41)29-20-13-22-32(43-29)37(27-15-7-5-8-16-27,28-17-9-6-10-18-28)36(3,4)31-19-11-12-25-42-31;/h5-15,17,19-25H,1-4H3;/q-3;+3. The number of alkyl halides is 3. The number of nitrogens with zero attached hydrogens (tertiary/aromatic N) is 5. The normalized spacial score (nSPS) is 12.4. The van der Waals surface area contributed by atoms with Crippen molar-refractivity contribution in [2.45, 2.75) is 50.1 Å². The largest absolute Gasteiger partial charge is 3.00 e. The van der Waals surface area contributed by atoms with Crippen molar-refractivity contribution in [2.75, 3.05) is 0 Å². The van der Waals surface area contributed by atoms with Gasteiger partial charge in [0.05, 0.1) is 22.9 Å². The van der Waals surface area contributed by atoms with Crippen molar-refractivity contribution in [2.24, 2.45) is 0 Å². The molecular weight excluding hydrogens is 776 g/mol. The first-order valence-electron chi connectivity index (χ1n) is 14.8. The van der Waals surface area contributed by atoms with Gasteiger partial charge >= 0.3 is 26.3 Å². The van der Waals surface area contributed by atoms with Crippen LogP contribution in [0.1, 0.15) is 67.3 Å². The summed E-state index contributed by atoms with van der Waals surface area (Å²) in [6.07, 6.45) is -0.242. The van der Waals surface area contributed by atoms with Crippen molar-refractivity contribution >= 4 is 0 Å². The molecule has 5 nitrogen and oxygen atoms in total. The molecule has 0 aliphatic rings. The van der Waals surface area contributed by atoms with Gasteiger partial charge in [-0.05, 0) is 44.2 Å². The van der Waals surface area contributed by atoms with Gasteiger partial charge in [0.15, 0.2) is 0 Å². The fraction of sp³-hybridized carbons (Fsp3) is 0.211. The Hall–Kier alpha value is -4.46. The van der Waals surface area contributed by atoms with E-state index in [-0.39, 0.29) is 25.9 Å². The summed E-state index contributed by atoms with van der Waals surface area (Å²) in [6.45, 7) is 8.32. The molecule has 238 valence electrons. The van der Waals surface area contributed by atoms with Gasteiger partial charge < -0.3 is 4.68 Å². The Balaban J connectivity index is 0.00000433. The predicted octanol–water partition coefficient (Wildman–Crippen LogP) is 8.11. The quantitative estimate of drug-likeness (QED) is 0.146. The monoisotopic (exact) mass is 807 g/mol. The molecule has 6 aromatic rings. The first kappa shape index (κ1) is 33.9. The van der Waals surface area contributed by atoms with Crippen LogP contribution in [0.2, 0.25) is 0 Å². The van der Waals surface area contributed by atoms with E-state index in [1.165, 1.54) is 0 Å². The summed E-state index contributed by atoms with van der Waals surface area (Å²) in [5.41, 5.74) is 1.47. The van der Waals surface area contributed by atoms with E-state index in [0.717, 1.165) is 39.0 Å². The van der Waals surface area contributed by atoms with Crippen molar-refractivity contribution in [1.82, 2.24) is 24.7 Å². The zero-order chi connectivity index (χ0) is 32.6. The maximum absolute atomic E-state index is 13.2. The van der Waals surface area contributed by atoms with E-state index in [0.29, 0.717) is 5.69 Å². The molecule has 0 radical (unpaired) electrons. The molecule has 4 heterocycles. The Morgan fingerprint density at radius 2 is 1.19 bits per heavy atom. The van der Waals surface area contributed by atoms with Gasteiger partial charge in [-0.15, -0.1) is 17.2 Å². The van der Waals surface area contributed by atoms with Crippen LogP contribution in [0.5, 0.6) is 0 Å². The van der Waals surface area contributed by atoms with Gasteiger partial charge in [0, 0.05) is 33.8 Å². The number of benzene rings is 2. The van der Waals surface area contributed by atoms with E-state index in [9.17, 15) is 13.2 Å². The van der Waals surface area contributed by atoms with Crippen LogP contribution in [0.3, 0.4) is 0 Å². The van der Waals surface area contributed by atoms with E-state index in [1.807, 2.05) is 92.7 Å². The van der Waals surface area contributed by atoms with Crippen molar-refractivity contribution < 1.29 is 33.3 Å². The molecule has 0 bridgehead atoms. The van der Waals surface area contributed by atoms with Crippen LogP contribution in [0.25, 0.3) is 5.82 Å². The summed E-state index contributed by atoms with van der Waals surface area (Å²) < 4.78 is 40.8. The Morgan fingerprint density at radius 1 is 0.617 bits per heavy atom. The SMILES string of the molecule is CC(C)(c1cccc(-n2[c-]cc(C(F)(F)F)n2)n1)c1cccc(C(c2[c-]cccc2)(c2[c-]cccc2)C(C)(C)c2ccccn2)n1.[Ir+3]. The Kier molecular flexibility index (Phi) is 9.35. The van der Waals surface area contributed by atoms with E-state index in [2.05, 4.69) is 49.4 Å². The van der Waals surface area contributed by atoms with Crippen LogP contribution in [0.15, 0.2) is 115 Å². The maximum Gasteiger partial charge on any atom is 3.00 e. The van der Waals surface area contributed by atoms with Crippen LogP contribution in [-0.4, -0.2) is 24.7 Å². The molecule has 0 spiro atoms. The fourth-order valence-corrected chi connectivity index (χ4v) is 6.15. The molecule has 0 saturated heterocycles. The van der Waals surface area contributed by atoms with Gasteiger partial charge in [-0.25, -0.2) is 0 Å². The second-order valence-electron chi connectivity index (χ2n) is 12.1. The Labute approximate surface area is 286 Å². The summed E-state index contributed by atoms with van der Waals surface area (Å²) in [5, 5.41) is 3.66. The average molecular weight is 807 g/mol. The molecule has 4 aromatic heterocycles. The third-order valence-corrected chi connectivity index (χ3v) is 8.66. The van der Waals surface area contributed by atoms with Crippen LogP contribution in [0, 0.1) is 18.3 Å². The Bertz CT molecular complexity index is 1900. The number of hydrogen-bond acceptors (Lipinski definition) is 4. The average Bonchev–Trinajstić information content (AvgIpc) is 3.59. The molecule has 0 N–H and O–H groups in total. The number of pyridine rings is 3. The molecule has 6 rings (SSSR count). The number of rotatable bonds is 8. The first-order chi connectivity index (χ1) is 22.0. The van der Waals surface area contributed by atoms with Gasteiger partial charge in [0.1, 0.15) is 0 Å². The molecule has 47 heavy (non-hydrogen) atoms. The van der Waals surface area contributed by atoms with E-state index in [1.54, 1.807) is 18.3 Å². The van der Waals surface area contributed by atoms with Crippen LogP contribution < -0.4 is 0 Å². The summed E-state index contributed by atoms with van der Waals surface area (Å²) >= 11 is 0.